The van der Waals surface area contributed by atoms with Crippen molar-refractivity contribution in [3.8, 4) is 0 Å². The number of aromatic nitrogens is 3. The molecule has 96 valence electrons. The summed E-state index contributed by atoms with van der Waals surface area (Å²) in [6.07, 6.45) is 2.47. The number of nitrogens with two attached hydrogens (primary N) is 1. The van der Waals surface area contributed by atoms with Gasteiger partial charge in [-0.05, 0) is 19.8 Å². The highest BCUT2D eigenvalue weighted by Crippen LogP contribution is 2.33. The molecule has 3 heterocycles. The molecule has 0 bridgehead atoms. The van der Waals surface area contributed by atoms with E-state index in [1.54, 1.807) is 0 Å². The molecule has 7 heteroatoms. The van der Waals surface area contributed by atoms with E-state index in [1.165, 1.54) is 11.3 Å². The fourth-order valence-electron chi connectivity index (χ4n) is 2.06. The Morgan fingerprint density at radius 1 is 1.50 bits per heavy atom. The van der Waals surface area contributed by atoms with Gasteiger partial charge >= 0.3 is 0 Å². The van der Waals surface area contributed by atoms with Crippen LogP contribution in [0.15, 0.2) is 9.90 Å². The molecule has 0 amide bonds. The predicted octanol–water partition coefficient (Wildman–Crippen LogP) is 1.72. The second kappa shape index (κ2) is 4.33. The fourth-order valence-corrected chi connectivity index (χ4v) is 2.62. The van der Waals surface area contributed by atoms with Crippen LogP contribution in [0.1, 0.15) is 37.2 Å². The average Bonchev–Trinajstić information content (AvgIpc) is 3.02. The van der Waals surface area contributed by atoms with E-state index >= 15 is 0 Å². The molecule has 1 saturated heterocycles. The minimum Gasteiger partial charge on any atom is -0.375 e. The minimum absolute atomic E-state index is 0.400. The monoisotopic (exact) mass is 266 g/mol. The number of thiazole rings is 1. The summed E-state index contributed by atoms with van der Waals surface area (Å²) in [6.45, 7) is 2.75. The highest BCUT2D eigenvalue weighted by molar-refractivity contribution is 7.13. The van der Waals surface area contributed by atoms with Gasteiger partial charge in [0.05, 0.1) is 12.1 Å². The predicted molar refractivity (Wildman–Crippen MR) is 66.2 cm³/mol. The van der Waals surface area contributed by atoms with E-state index in [4.69, 9.17) is 15.0 Å². The molecular formula is C11H14N4O2S. The standard InChI is InChI=1S/C11H14N4O2S/c1-11(3-2-4-16-11)9-14-8(17-15-9)5-7-6-18-10(12)13-7/h6H,2-5H2,1H3,(H2,12,13). The first-order valence-corrected chi connectivity index (χ1v) is 6.71. The average molecular weight is 266 g/mol. The van der Waals surface area contributed by atoms with Gasteiger partial charge in [0.25, 0.3) is 0 Å². The fraction of sp³-hybridized carbons (Fsp3) is 0.545. The van der Waals surface area contributed by atoms with Crippen LogP contribution in [0.3, 0.4) is 0 Å². The summed E-state index contributed by atoms with van der Waals surface area (Å²) in [7, 11) is 0. The summed E-state index contributed by atoms with van der Waals surface area (Å²) in [5.74, 6) is 1.17. The Hall–Kier alpha value is -1.47. The molecule has 2 aromatic rings. The molecule has 1 atom stereocenters. The van der Waals surface area contributed by atoms with E-state index in [9.17, 15) is 0 Å². The molecule has 2 aromatic heterocycles. The van der Waals surface area contributed by atoms with Crippen LogP contribution in [-0.2, 0) is 16.8 Å². The van der Waals surface area contributed by atoms with Crippen molar-refractivity contribution in [1.29, 1.82) is 0 Å². The third-order valence-corrected chi connectivity index (χ3v) is 3.78. The molecule has 0 radical (unpaired) electrons. The Bertz CT molecular complexity index is 545. The van der Waals surface area contributed by atoms with Crippen LogP contribution >= 0.6 is 11.3 Å². The Kier molecular flexibility index (Phi) is 2.79. The number of nitrogen functional groups attached to an aromatic ring is 1. The van der Waals surface area contributed by atoms with E-state index in [0.29, 0.717) is 23.3 Å². The summed E-state index contributed by atoms with van der Waals surface area (Å²) >= 11 is 1.41. The third kappa shape index (κ3) is 2.11. The van der Waals surface area contributed by atoms with Crippen LogP contribution in [0.2, 0.25) is 0 Å². The van der Waals surface area contributed by atoms with Crippen molar-refractivity contribution in [3.63, 3.8) is 0 Å². The van der Waals surface area contributed by atoms with Gasteiger partial charge in [-0.15, -0.1) is 11.3 Å². The zero-order valence-corrected chi connectivity index (χ0v) is 10.9. The van der Waals surface area contributed by atoms with Crippen LogP contribution in [0.5, 0.6) is 0 Å². The first kappa shape index (κ1) is 11.6. The van der Waals surface area contributed by atoms with E-state index in [0.717, 1.165) is 25.1 Å². The van der Waals surface area contributed by atoms with Gasteiger partial charge in [0.2, 0.25) is 11.7 Å². The Morgan fingerprint density at radius 2 is 2.39 bits per heavy atom. The van der Waals surface area contributed by atoms with Crippen molar-refractivity contribution in [2.24, 2.45) is 0 Å². The summed E-state index contributed by atoms with van der Waals surface area (Å²) in [5, 5.41) is 6.45. The van der Waals surface area contributed by atoms with Crippen LogP contribution in [0, 0.1) is 0 Å². The molecule has 18 heavy (non-hydrogen) atoms. The quantitative estimate of drug-likeness (QED) is 0.910. The number of hydrogen-bond acceptors (Lipinski definition) is 7. The van der Waals surface area contributed by atoms with Gasteiger partial charge in [0.15, 0.2) is 5.13 Å². The maximum atomic E-state index is 5.68. The van der Waals surface area contributed by atoms with Gasteiger partial charge in [-0.1, -0.05) is 5.16 Å². The summed E-state index contributed by atoms with van der Waals surface area (Å²) in [6, 6.07) is 0. The lowest BCUT2D eigenvalue weighted by atomic mass is 10.0. The van der Waals surface area contributed by atoms with Crippen molar-refractivity contribution >= 4 is 16.5 Å². The molecule has 2 N–H and O–H groups in total. The highest BCUT2D eigenvalue weighted by Gasteiger charge is 2.36. The van der Waals surface area contributed by atoms with E-state index in [-0.39, 0.29) is 0 Å². The van der Waals surface area contributed by atoms with Gasteiger partial charge in [0.1, 0.15) is 5.60 Å². The van der Waals surface area contributed by atoms with E-state index in [1.807, 2.05) is 12.3 Å². The lowest BCUT2D eigenvalue weighted by Gasteiger charge is -2.17. The van der Waals surface area contributed by atoms with Crippen molar-refractivity contribution in [3.05, 3.63) is 22.8 Å². The molecule has 1 fully saturated rings. The lowest BCUT2D eigenvalue weighted by Crippen LogP contribution is -2.21. The Balaban J connectivity index is 1.77. The molecule has 0 saturated carbocycles. The molecule has 0 aromatic carbocycles. The SMILES string of the molecule is CC1(c2noc(Cc3csc(N)n3)n2)CCCO1. The first-order valence-electron chi connectivity index (χ1n) is 5.83. The molecule has 3 rings (SSSR count). The zero-order chi connectivity index (χ0) is 12.6. The van der Waals surface area contributed by atoms with Crippen molar-refractivity contribution in [2.45, 2.75) is 31.8 Å². The number of nitrogens with zero attached hydrogens (tertiary/aromatic N) is 3. The number of rotatable bonds is 3. The summed E-state index contributed by atoms with van der Waals surface area (Å²) in [5.41, 5.74) is 6.03. The van der Waals surface area contributed by atoms with Crippen LogP contribution in [0.25, 0.3) is 0 Å². The van der Waals surface area contributed by atoms with Crippen LogP contribution in [0.4, 0.5) is 5.13 Å². The molecule has 1 aliphatic heterocycles. The highest BCUT2D eigenvalue weighted by atomic mass is 32.1. The van der Waals surface area contributed by atoms with Gasteiger partial charge in [-0.2, -0.15) is 4.98 Å². The zero-order valence-electron chi connectivity index (χ0n) is 10.0. The van der Waals surface area contributed by atoms with Crippen LogP contribution < -0.4 is 5.73 Å². The van der Waals surface area contributed by atoms with Crippen molar-refractivity contribution < 1.29 is 9.26 Å². The molecule has 1 aliphatic rings. The summed E-state index contributed by atoms with van der Waals surface area (Å²) in [4.78, 5) is 8.56. The maximum Gasteiger partial charge on any atom is 0.232 e. The second-order valence-electron chi connectivity index (χ2n) is 4.55. The molecule has 6 nitrogen and oxygen atoms in total. The van der Waals surface area contributed by atoms with Gasteiger partial charge < -0.3 is 15.0 Å². The number of hydrogen-bond donors (Lipinski definition) is 1. The topological polar surface area (TPSA) is 87.1 Å². The van der Waals surface area contributed by atoms with E-state index < -0.39 is 5.60 Å². The maximum absolute atomic E-state index is 5.68. The largest absolute Gasteiger partial charge is 0.375 e. The minimum atomic E-state index is -0.400. The molecular weight excluding hydrogens is 252 g/mol. The molecule has 0 spiro atoms. The van der Waals surface area contributed by atoms with E-state index in [2.05, 4.69) is 15.1 Å². The lowest BCUT2D eigenvalue weighted by molar-refractivity contribution is 0.00768. The Labute approximate surface area is 108 Å². The first-order chi connectivity index (χ1) is 8.66. The summed E-state index contributed by atoms with van der Waals surface area (Å²) < 4.78 is 10.9. The Morgan fingerprint density at radius 3 is 3.06 bits per heavy atom. The normalized spacial score (nSPS) is 23.6. The number of ether oxygens (including phenoxy) is 1. The third-order valence-electron chi connectivity index (χ3n) is 3.06. The van der Waals surface area contributed by atoms with Crippen molar-refractivity contribution in [2.75, 3.05) is 12.3 Å². The van der Waals surface area contributed by atoms with Gasteiger partial charge in [-0.3, -0.25) is 0 Å². The molecule has 1 unspecified atom stereocenters. The van der Waals surface area contributed by atoms with Gasteiger partial charge in [-0.25, -0.2) is 4.98 Å². The van der Waals surface area contributed by atoms with Crippen LogP contribution in [-0.4, -0.2) is 21.7 Å². The van der Waals surface area contributed by atoms with Gasteiger partial charge in [0, 0.05) is 12.0 Å². The number of anilines is 1. The smallest absolute Gasteiger partial charge is 0.232 e. The molecule has 0 aliphatic carbocycles. The van der Waals surface area contributed by atoms with Crippen molar-refractivity contribution in [1.82, 2.24) is 15.1 Å². The second-order valence-corrected chi connectivity index (χ2v) is 5.44.